The first-order valence-electron chi connectivity index (χ1n) is 8.29. The normalized spacial score (nSPS) is 39.1. The maximum absolute atomic E-state index is 12.6. The lowest BCUT2D eigenvalue weighted by Crippen LogP contribution is -2.42. The number of hydrogen-bond acceptors (Lipinski definition) is 3. The second-order valence-electron chi connectivity index (χ2n) is 7.84. The lowest BCUT2D eigenvalue weighted by Gasteiger charge is -2.39. The molecule has 0 spiro atoms. The van der Waals surface area contributed by atoms with Gasteiger partial charge in [-0.05, 0) is 56.3 Å². The van der Waals surface area contributed by atoms with Gasteiger partial charge in [0.05, 0.1) is 0 Å². The van der Waals surface area contributed by atoms with Crippen LogP contribution in [0.1, 0.15) is 55.4 Å². The summed E-state index contributed by atoms with van der Waals surface area (Å²) in [6, 6.07) is 0. The van der Waals surface area contributed by atoms with Crippen molar-refractivity contribution >= 4 is 11.8 Å². The van der Waals surface area contributed by atoms with E-state index in [4.69, 9.17) is 4.74 Å². The van der Waals surface area contributed by atoms with Gasteiger partial charge in [0.2, 0.25) is 0 Å². The second-order valence-corrected chi connectivity index (χ2v) is 7.84. The number of rotatable bonds is 0. The van der Waals surface area contributed by atoms with Crippen molar-refractivity contribution in [3.05, 3.63) is 34.4 Å². The molecule has 1 heterocycles. The Morgan fingerprint density at radius 3 is 2.13 bits per heavy atom. The van der Waals surface area contributed by atoms with Crippen LogP contribution in [0.3, 0.4) is 0 Å². The molecule has 0 aromatic carbocycles. The average molecular weight is 316 g/mol. The van der Waals surface area contributed by atoms with Crippen LogP contribution in [0.5, 0.6) is 0 Å². The van der Waals surface area contributed by atoms with Gasteiger partial charge in [-0.1, -0.05) is 39.8 Å². The quantitative estimate of drug-likeness (QED) is 0.622. The van der Waals surface area contributed by atoms with Gasteiger partial charge < -0.3 is 4.74 Å². The number of hydrogen-bond donors (Lipinski definition) is 0. The largest absolute Gasteiger partial charge is 0.451 e. The fraction of sp³-hybridized carbons (Fsp3) is 0.600. The zero-order valence-corrected chi connectivity index (χ0v) is 15.5. The van der Waals surface area contributed by atoms with Crippen LogP contribution in [-0.4, -0.2) is 17.4 Å². The Labute approximate surface area is 139 Å². The molecule has 0 saturated carbocycles. The zero-order chi connectivity index (χ0) is 17.7. The zero-order valence-electron chi connectivity index (χ0n) is 15.5. The van der Waals surface area contributed by atoms with E-state index >= 15 is 0 Å². The summed E-state index contributed by atoms with van der Waals surface area (Å²) in [7, 11) is 0. The van der Waals surface area contributed by atoms with Gasteiger partial charge in [-0.15, -0.1) is 0 Å². The molecular formula is C20H28O3. The lowest BCUT2D eigenvalue weighted by molar-refractivity contribution is -0.152. The molecule has 2 aliphatic rings. The van der Waals surface area contributed by atoms with Crippen molar-refractivity contribution in [1.82, 2.24) is 0 Å². The molecule has 3 heteroatoms. The molecule has 3 nitrogen and oxygen atoms in total. The lowest BCUT2D eigenvalue weighted by atomic mass is 9.70. The topological polar surface area (TPSA) is 43.4 Å². The van der Waals surface area contributed by atoms with Crippen LogP contribution in [0.4, 0.5) is 0 Å². The van der Waals surface area contributed by atoms with Crippen molar-refractivity contribution in [3.8, 4) is 0 Å². The van der Waals surface area contributed by atoms with Gasteiger partial charge in [-0.3, -0.25) is 4.79 Å². The molecule has 1 aliphatic carbocycles. The summed E-state index contributed by atoms with van der Waals surface area (Å²) in [4.78, 5) is 25.2. The van der Waals surface area contributed by atoms with E-state index in [0.29, 0.717) is 5.57 Å². The summed E-state index contributed by atoms with van der Waals surface area (Å²) < 4.78 is 5.85. The number of carbonyl (C=O) groups is 2. The van der Waals surface area contributed by atoms with Crippen molar-refractivity contribution in [1.29, 1.82) is 0 Å². The van der Waals surface area contributed by atoms with Gasteiger partial charge in [0.1, 0.15) is 5.60 Å². The Morgan fingerprint density at radius 1 is 1.00 bits per heavy atom. The predicted molar refractivity (Wildman–Crippen MR) is 91.8 cm³/mol. The monoisotopic (exact) mass is 316 g/mol. The number of allylic oxidation sites excluding steroid dienone is 3. The van der Waals surface area contributed by atoms with Gasteiger partial charge >= 0.3 is 5.97 Å². The van der Waals surface area contributed by atoms with E-state index in [-0.39, 0.29) is 23.6 Å². The first-order chi connectivity index (χ1) is 10.4. The highest BCUT2D eigenvalue weighted by atomic mass is 16.6. The Hall–Kier alpha value is -1.64. The molecule has 2 bridgehead atoms. The highest BCUT2D eigenvalue weighted by Crippen LogP contribution is 2.49. The average Bonchev–Trinajstić information content (AvgIpc) is 2.67. The second kappa shape index (κ2) is 5.47. The van der Waals surface area contributed by atoms with Crippen molar-refractivity contribution in [2.45, 2.75) is 61.0 Å². The van der Waals surface area contributed by atoms with E-state index in [2.05, 4.69) is 0 Å². The third-order valence-electron chi connectivity index (χ3n) is 5.92. The SMILES string of the molecule is CC1=C2C(=O)O[C@@]1(C)C(C)(C)/C=C(/C)C(=O)/C(C)=C\[C@H](C)[C@H]2C. The molecule has 3 atom stereocenters. The molecular weight excluding hydrogens is 288 g/mol. The smallest absolute Gasteiger partial charge is 0.335 e. The highest BCUT2D eigenvalue weighted by Gasteiger charge is 2.52. The van der Waals surface area contributed by atoms with Crippen LogP contribution in [0, 0.1) is 17.3 Å². The highest BCUT2D eigenvalue weighted by molar-refractivity contribution is 6.07. The molecule has 126 valence electrons. The van der Waals surface area contributed by atoms with Gasteiger partial charge in [-0.2, -0.15) is 0 Å². The number of fused-ring (bicyclic) bond motifs is 1. The number of esters is 1. The predicted octanol–water partition coefficient (Wildman–Crippen LogP) is 4.39. The third-order valence-corrected chi connectivity index (χ3v) is 5.92. The number of ether oxygens (including phenoxy) is 1. The number of Topliss-reactive ketones (excluding diaryl/α,β-unsaturated/α-hetero) is 1. The molecule has 0 fully saturated rings. The molecule has 0 saturated heterocycles. The Kier molecular flexibility index (Phi) is 4.21. The minimum atomic E-state index is -0.729. The van der Waals surface area contributed by atoms with Gasteiger partial charge in [0.15, 0.2) is 5.78 Å². The van der Waals surface area contributed by atoms with Gasteiger partial charge in [0, 0.05) is 11.0 Å². The maximum atomic E-state index is 12.6. The van der Waals surface area contributed by atoms with E-state index in [1.807, 2.05) is 67.5 Å². The fourth-order valence-electron chi connectivity index (χ4n) is 3.80. The standard InChI is InChI=1S/C20H28O3/c1-11-9-12(2)17(21)13(3)10-19(6,7)20(8)15(5)16(14(11)4)18(22)23-20/h9-11,14H,1-8H3/b12-9-,13-10-/t11-,14+,20+/m0/s1. The number of carbonyl (C=O) groups excluding carboxylic acids is 2. The first-order valence-corrected chi connectivity index (χ1v) is 8.29. The van der Waals surface area contributed by atoms with Gasteiger partial charge in [0.25, 0.3) is 0 Å². The van der Waals surface area contributed by atoms with E-state index in [1.54, 1.807) is 0 Å². The molecule has 0 N–H and O–H groups in total. The maximum Gasteiger partial charge on any atom is 0.335 e. The third kappa shape index (κ3) is 2.60. The summed E-state index contributed by atoms with van der Waals surface area (Å²) in [6.07, 6.45) is 3.93. The van der Waals surface area contributed by atoms with Crippen LogP contribution in [0.15, 0.2) is 34.4 Å². The Morgan fingerprint density at radius 2 is 1.57 bits per heavy atom. The van der Waals surface area contributed by atoms with Crippen LogP contribution in [0.25, 0.3) is 0 Å². The van der Waals surface area contributed by atoms with E-state index in [1.165, 1.54) is 0 Å². The summed E-state index contributed by atoms with van der Waals surface area (Å²) in [6.45, 7) is 15.8. The number of ketones is 1. The van der Waals surface area contributed by atoms with Gasteiger partial charge in [-0.25, -0.2) is 4.79 Å². The molecule has 0 unspecified atom stereocenters. The summed E-state index contributed by atoms with van der Waals surface area (Å²) in [5.74, 6) is -0.0528. The first kappa shape index (κ1) is 17.7. The van der Waals surface area contributed by atoms with Crippen LogP contribution < -0.4 is 0 Å². The molecule has 1 aliphatic heterocycles. The molecule has 0 aromatic rings. The minimum absolute atomic E-state index is 0.0151. The summed E-state index contributed by atoms with van der Waals surface area (Å²) in [5.41, 5.74) is 1.98. The van der Waals surface area contributed by atoms with E-state index in [0.717, 1.165) is 16.7 Å². The molecule has 0 amide bonds. The van der Waals surface area contributed by atoms with Crippen molar-refractivity contribution < 1.29 is 14.3 Å². The van der Waals surface area contributed by atoms with Crippen molar-refractivity contribution in [2.75, 3.05) is 0 Å². The van der Waals surface area contributed by atoms with Crippen molar-refractivity contribution in [3.63, 3.8) is 0 Å². The molecule has 0 radical (unpaired) electrons. The summed E-state index contributed by atoms with van der Waals surface area (Å²) in [5, 5.41) is 0. The minimum Gasteiger partial charge on any atom is -0.451 e. The molecule has 2 rings (SSSR count). The molecule has 0 aromatic heterocycles. The fourth-order valence-corrected chi connectivity index (χ4v) is 3.80. The van der Waals surface area contributed by atoms with E-state index in [9.17, 15) is 9.59 Å². The summed E-state index contributed by atoms with van der Waals surface area (Å²) >= 11 is 0. The Bertz CT molecular complexity index is 660. The van der Waals surface area contributed by atoms with Crippen LogP contribution in [0.2, 0.25) is 0 Å². The van der Waals surface area contributed by atoms with Crippen LogP contribution >= 0.6 is 0 Å². The molecule has 23 heavy (non-hydrogen) atoms. The van der Waals surface area contributed by atoms with E-state index < -0.39 is 11.0 Å². The van der Waals surface area contributed by atoms with Crippen LogP contribution in [-0.2, 0) is 14.3 Å². The Balaban J connectivity index is 2.76. The van der Waals surface area contributed by atoms with Crippen molar-refractivity contribution in [2.24, 2.45) is 17.3 Å².